The van der Waals surface area contributed by atoms with E-state index in [0.29, 0.717) is 23.5 Å². The Morgan fingerprint density at radius 1 is 1.32 bits per heavy atom. The highest BCUT2D eigenvalue weighted by Gasteiger charge is 2.24. The molecule has 0 bridgehead atoms. The van der Waals surface area contributed by atoms with Gasteiger partial charge in [-0.05, 0) is 37.5 Å². The van der Waals surface area contributed by atoms with Crippen LogP contribution in [0.5, 0.6) is 11.5 Å². The molecule has 0 heterocycles. The molecule has 0 saturated heterocycles. The first-order valence-corrected chi connectivity index (χ1v) is 6.17. The summed E-state index contributed by atoms with van der Waals surface area (Å²) in [6.07, 6.45) is 0.480. The summed E-state index contributed by atoms with van der Waals surface area (Å²) in [5.41, 5.74) is 2.20. The van der Waals surface area contributed by atoms with Gasteiger partial charge in [-0.1, -0.05) is 6.92 Å². The maximum atomic E-state index is 12.4. The van der Waals surface area contributed by atoms with Crippen molar-refractivity contribution in [2.24, 2.45) is 5.92 Å². The zero-order valence-electron chi connectivity index (χ0n) is 12.0. The van der Waals surface area contributed by atoms with E-state index in [4.69, 9.17) is 14.7 Å². The van der Waals surface area contributed by atoms with E-state index in [1.54, 1.807) is 13.2 Å². The highest BCUT2D eigenvalue weighted by atomic mass is 16.5. The van der Waals surface area contributed by atoms with Crippen LogP contribution in [-0.4, -0.2) is 20.0 Å². The number of carbonyl (C=O) groups excluding carboxylic acids is 1. The van der Waals surface area contributed by atoms with E-state index in [9.17, 15) is 4.79 Å². The Bertz CT molecular complexity index is 529. The molecule has 0 spiro atoms. The van der Waals surface area contributed by atoms with Gasteiger partial charge >= 0.3 is 0 Å². The lowest BCUT2D eigenvalue weighted by atomic mass is 9.92. The maximum absolute atomic E-state index is 12.4. The van der Waals surface area contributed by atoms with E-state index < -0.39 is 5.92 Å². The third-order valence-corrected chi connectivity index (χ3v) is 3.36. The molecule has 0 saturated carbocycles. The summed E-state index contributed by atoms with van der Waals surface area (Å²) in [5.74, 6) is 0.287. The van der Waals surface area contributed by atoms with Crippen LogP contribution in [-0.2, 0) is 0 Å². The predicted octanol–water partition coefficient (Wildman–Crippen LogP) is 3.05. The zero-order valence-corrected chi connectivity index (χ0v) is 12.0. The molecule has 4 heteroatoms. The Morgan fingerprint density at radius 3 is 2.37 bits per heavy atom. The molecule has 0 fully saturated rings. The molecule has 1 aromatic carbocycles. The standard InChI is InChI=1S/C15H19NO3/c1-6-11(8-16)14(17)12-7-13(18-4)9(2)10(3)15(12)19-5/h7,11H,6H2,1-5H3. The van der Waals surface area contributed by atoms with Crippen LogP contribution in [0.2, 0.25) is 0 Å². The minimum absolute atomic E-state index is 0.219. The van der Waals surface area contributed by atoms with Crippen molar-refractivity contribution >= 4 is 5.78 Å². The van der Waals surface area contributed by atoms with Crippen LogP contribution in [0.4, 0.5) is 0 Å². The minimum Gasteiger partial charge on any atom is -0.496 e. The van der Waals surface area contributed by atoms with Crippen LogP contribution >= 0.6 is 0 Å². The third-order valence-electron chi connectivity index (χ3n) is 3.36. The quantitative estimate of drug-likeness (QED) is 0.764. The normalized spacial score (nSPS) is 11.6. The summed E-state index contributed by atoms with van der Waals surface area (Å²) >= 11 is 0. The number of Topliss-reactive ketones (excluding diaryl/α,β-unsaturated/α-hetero) is 1. The molecule has 0 aliphatic carbocycles. The molecule has 0 radical (unpaired) electrons. The second-order valence-corrected chi connectivity index (χ2v) is 4.36. The van der Waals surface area contributed by atoms with Crippen LogP contribution in [0.15, 0.2) is 6.07 Å². The Balaban J connectivity index is 3.46. The van der Waals surface area contributed by atoms with Gasteiger partial charge in [-0.2, -0.15) is 5.26 Å². The molecular weight excluding hydrogens is 242 g/mol. The Morgan fingerprint density at radius 2 is 1.95 bits per heavy atom. The molecule has 1 atom stereocenters. The average Bonchev–Trinajstić information content (AvgIpc) is 2.42. The molecule has 0 aromatic heterocycles. The van der Waals surface area contributed by atoms with E-state index in [0.717, 1.165) is 11.1 Å². The average molecular weight is 261 g/mol. The van der Waals surface area contributed by atoms with Gasteiger partial charge in [-0.15, -0.1) is 0 Å². The number of nitrogens with zero attached hydrogens (tertiary/aromatic N) is 1. The SMILES string of the molecule is CCC(C#N)C(=O)c1cc(OC)c(C)c(C)c1OC. The number of rotatable bonds is 5. The van der Waals surface area contributed by atoms with Gasteiger partial charge in [0, 0.05) is 0 Å². The van der Waals surface area contributed by atoms with Crippen molar-refractivity contribution in [3.63, 3.8) is 0 Å². The fraction of sp³-hybridized carbons (Fsp3) is 0.467. The number of ketones is 1. The Kier molecular flexibility index (Phi) is 4.94. The number of hydrogen-bond donors (Lipinski definition) is 0. The largest absolute Gasteiger partial charge is 0.496 e. The molecule has 1 aromatic rings. The number of nitriles is 1. The van der Waals surface area contributed by atoms with Crippen molar-refractivity contribution in [3.8, 4) is 17.6 Å². The van der Waals surface area contributed by atoms with Gasteiger partial charge < -0.3 is 9.47 Å². The Hall–Kier alpha value is -2.02. The van der Waals surface area contributed by atoms with E-state index in [-0.39, 0.29) is 5.78 Å². The van der Waals surface area contributed by atoms with Crippen molar-refractivity contribution in [1.29, 1.82) is 5.26 Å². The van der Waals surface area contributed by atoms with Gasteiger partial charge in [-0.25, -0.2) is 0 Å². The number of hydrogen-bond acceptors (Lipinski definition) is 4. The first kappa shape index (κ1) is 15.0. The molecule has 1 rings (SSSR count). The zero-order chi connectivity index (χ0) is 14.6. The first-order valence-electron chi connectivity index (χ1n) is 6.17. The van der Waals surface area contributed by atoms with E-state index in [1.807, 2.05) is 26.8 Å². The highest BCUT2D eigenvalue weighted by molar-refractivity contribution is 6.02. The molecule has 1 unspecified atom stereocenters. The van der Waals surface area contributed by atoms with Crippen LogP contribution in [0.3, 0.4) is 0 Å². The van der Waals surface area contributed by atoms with E-state index in [1.165, 1.54) is 7.11 Å². The molecule has 0 N–H and O–H groups in total. The lowest BCUT2D eigenvalue weighted by molar-refractivity contribution is 0.0943. The summed E-state index contributed by atoms with van der Waals surface area (Å²) in [6.45, 7) is 5.60. The van der Waals surface area contributed by atoms with Crippen LogP contribution in [0, 0.1) is 31.1 Å². The number of ether oxygens (including phenoxy) is 2. The topological polar surface area (TPSA) is 59.3 Å². The fourth-order valence-corrected chi connectivity index (χ4v) is 2.04. The van der Waals surface area contributed by atoms with Gasteiger partial charge in [0.15, 0.2) is 5.78 Å². The monoisotopic (exact) mass is 261 g/mol. The van der Waals surface area contributed by atoms with Gasteiger partial charge in [-0.3, -0.25) is 4.79 Å². The van der Waals surface area contributed by atoms with Crippen molar-refractivity contribution < 1.29 is 14.3 Å². The van der Waals surface area contributed by atoms with Gasteiger partial charge in [0.25, 0.3) is 0 Å². The van der Waals surface area contributed by atoms with E-state index >= 15 is 0 Å². The van der Waals surface area contributed by atoms with Crippen LogP contribution in [0.1, 0.15) is 34.8 Å². The van der Waals surface area contributed by atoms with Crippen molar-refractivity contribution in [2.45, 2.75) is 27.2 Å². The molecule has 0 aliphatic heterocycles. The maximum Gasteiger partial charge on any atom is 0.183 e. The summed E-state index contributed by atoms with van der Waals surface area (Å²) in [7, 11) is 3.09. The fourth-order valence-electron chi connectivity index (χ4n) is 2.04. The summed E-state index contributed by atoms with van der Waals surface area (Å²) in [5, 5.41) is 9.03. The second-order valence-electron chi connectivity index (χ2n) is 4.36. The number of benzene rings is 1. The second kappa shape index (κ2) is 6.24. The lowest BCUT2D eigenvalue weighted by Crippen LogP contribution is -2.14. The van der Waals surface area contributed by atoms with E-state index in [2.05, 4.69) is 0 Å². The molecule has 0 amide bonds. The van der Waals surface area contributed by atoms with Gasteiger partial charge in [0.1, 0.15) is 17.4 Å². The molecule has 4 nitrogen and oxygen atoms in total. The number of carbonyl (C=O) groups is 1. The molecular formula is C15H19NO3. The van der Waals surface area contributed by atoms with Gasteiger partial charge in [0.05, 0.1) is 25.9 Å². The smallest absolute Gasteiger partial charge is 0.183 e. The number of methoxy groups -OCH3 is 2. The van der Waals surface area contributed by atoms with Crippen molar-refractivity contribution in [3.05, 3.63) is 22.8 Å². The summed E-state index contributed by atoms with van der Waals surface area (Å²) < 4.78 is 10.6. The molecule has 19 heavy (non-hydrogen) atoms. The molecule has 0 aliphatic rings. The highest BCUT2D eigenvalue weighted by Crippen LogP contribution is 2.34. The van der Waals surface area contributed by atoms with Gasteiger partial charge in [0.2, 0.25) is 0 Å². The Labute approximate surface area is 113 Å². The van der Waals surface area contributed by atoms with Crippen molar-refractivity contribution in [1.82, 2.24) is 0 Å². The first-order chi connectivity index (χ1) is 9.01. The third kappa shape index (κ3) is 2.70. The predicted molar refractivity (Wildman–Crippen MR) is 72.7 cm³/mol. The lowest BCUT2D eigenvalue weighted by Gasteiger charge is -2.17. The minimum atomic E-state index is -0.652. The van der Waals surface area contributed by atoms with Crippen LogP contribution in [0.25, 0.3) is 0 Å². The summed E-state index contributed by atoms with van der Waals surface area (Å²) in [6, 6.07) is 3.68. The van der Waals surface area contributed by atoms with Crippen LogP contribution < -0.4 is 9.47 Å². The van der Waals surface area contributed by atoms with Crippen molar-refractivity contribution in [2.75, 3.05) is 14.2 Å². The molecule has 102 valence electrons. The summed E-state index contributed by atoms with van der Waals surface area (Å²) in [4.78, 5) is 12.4.